The van der Waals surface area contributed by atoms with Crippen LogP contribution in [-0.4, -0.2) is 38.2 Å². The van der Waals surface area contributed by atoms with Gasteiger partial charge in [0.05, 0.1) is 33.3 Å². The third-order valence-electron chi connectivity index (χ3n) is 6.10. The molecule has 3 aromatic carbocycles. The first kappa shape index (κ1) is 22.3. The van der Waals surface area contributed by atoms with Crippen molar-refractivity contribution >= 4 is 17.8 Å². The maximum atomic E-state index is 13.3. The molecule has 0 amide bonds. The van der Waals surface area contributed by atoms with Crippen LogP contribution in [0.2, 0.25) is 0 Å². The Bertz CT molecular complexity index is 1390. The molecule has 0 radical (unpaired) electrons. The van der Waals surface area contributed by atoms with Gasteiger partial charge in [-0.2, -0.15) is 0 Å². The minimum atomic E-state index is -0.489. The molecule has 1 atom stereocenters. The lowest BCUT2D eigenvalue weighted by atomic mass is 9.84. The second-order valence-electron chi connectivity index (χ2n) is 8.04. The molecule has 35 heavy (non-hydrogen) atoms. The number of hydrogen-bond acceptors (Lipinski definition) is 8. The van der Waals surface area contributed by atoms with E-state index in [0.717, 1.165) is 0 Å². The highest BCUT2D eigenvalue weighted by atomic mass is 16.5. The topological polar surface area (TPSA) is 101 Å². The van der Waals surface area contributed by atoms with E-state index in [-0.39, 0.29) is 23.7 Å². The van der Waals surface area contributed by atoms with Crippen molar-refractivity contribution in [1.29, 1.82) is 0 Å². The van der Waals surface area contributed by atoms with Crippen molar-refractivity contribution in [3.8, 4) is 34.5 Å². The Morgan fingerprint density at radius 2 is 1.74 bits per heavy atom. The normalized spacial score (nSPS) is 17.3. The number of para-hydroxylation sites is 1. The molecular weight excluding hydrogens is 452 g/mol. The Labute approximate surface area is 201 Å². The van der Waals surface area contributed by atoms with E-state index in [4.69, 9.17) is 23.7 Å². The highest BCUT2D eigenvalue weighted by Gasteiger charge is 2.38. The highest BCUT2D eigenvalue weighted by molar-refractivity contribution is 6.15. The van der Waals surface area contributed by atoms with Gasteiger partial charge in [0.15, 0.2) is 28.8 Å². The van der Waals surface area contributed by atoms with Gasteiger partial charge in [0, 0.05) is 17.0 Å². The van der Waals surface area contributed by atoms with Crippen LogP contribution in [0.5, 0.6) is 34.5 Å². The van der Waals surface area contributed by atoms with Crippen molar-refractivity contribution in [3.63, 3.8) is 0 Å². The molecule has 2 heterocycles. The minimum Gasteiger partial charge on any atom is -0.504 e. The van der Waals surface area contributed by atoms with Gasteiger partial charge in [-0.1, -0.05) is 18.2 Å². The number of rotatable bonds is 5. The molecule has 0 spiro atoms. The number of methoxy groups -OCH3 is 3. The summed E-state index contributed by atoms with van der Waals surface area (Å²) in [5, 5.41) is 10.3. The number of ether oxygens (including phenoxy) is 5. The molecule has 2 aliphatic heterocycles. The summed E-state index contributed by atoms with van der Waals surface area (Å²) in [6, 6.07) is 13.4. The van der Waals surface area contributed by atoms with Gasteiger partial charge in [-0.05, 0) is 42.0 Å². The number of benzene rings is 3. The van der Waals surface area contributed by atoms with E-state index in [0.29, 0.717) is 51.0 Å². The second-order valence-corrected chi connectivity index (χ2v) is 8.04. The van der Waals surface area contributed by atoms with Crippen LogP contribution in [0, 0.1) is 0 Å². The molecule has 5 rings (SSSR count). The first-order valence-corrected chi connectivity index (χ1v) is 10.8. The van der Waals surface area contributed by atoms with Gasteiger partial charge in [-0.15, -0.1) is 0 Å². The van der Waals surface area contributed by atoms with Crippen molar-refractivity contribution in [2.75, 3.05) is 21.3 Å². The summed E-state index contributed by atoms with van der Waals surface area (Å²) in [5.41, 5.74) is 2.20. The van der Waals surface area contributed by atoms with E-state index >= 15 is 0 Å². The number of allylic oxidation sites excluding steroid dienone is 1. The zero-order valence-corrected chi connectivity index (χ0v) is 19.3. The van der Waals surface area contributed by atoms with Crippen molar-refractivity contribution in [1.82, 2.24) is 0 Å². The predicted octanol–water partition coefficient (Wildman–Crippen LogP) is 4.48. The summed E-state index contributed by atoms with van der Waals surface area (Å²) in [4.78, 5) is 25.6. The Morgan fingerprint density at radius 3 is 2.46 bits per heavy atom. The molecule has 178 valence electrons. The molecule has 1 unspecified atom stereocenters. The first-order valence-electron chi connectivity index (χ1n) is 10.8. The van der Waals surface area contributed by atoms with Gasteiger partial charge < -0.3 is 28.8 Å². The average Bonchev–Trinajstić information content (AvgIpc) is 3.18. The molecule has 0 fully saturated rings. The summed E-state index contributed by atoms with van der Waals surface area (Å²) >= 11 is 0. The maximum absolute atomic E-state index is 13.3. The van der Waals surface area contributed by atoms with Crippen LogP contribution in [0.3, 0.4) is 0 Å². The standard InChI is InChI=1S/C27H22O8/c1-31-19-9-7-14(11-18(19)28)17-13-23(29)34-20-10-8-16-25(30)22(35-27(16)24(17)20)12-15-5-4-6-21(32-2)26(15)33-3/h4-12,17,28H,13H2,1-3H3/b22-12-. The molecule has 0 bridgehead atoms. The minimum absolute atomic E-state index is 0.0233. The summed E-state index contributed by atoms with van der Waals surface area (Å²) in [7, 11) is 4.51. The maximum Gasteiger partial charge on any atom is 0.312 e. The van der Waals surface area contributed by atoms with Crippen LogP contribution in [0.1, 0.15) is 39.4 Å². The van der Waals surface area contributed by atoms with Gasteiger partial charge in [-0.3, -0.25) is 9.59 Å². The van der Waals surface area contributed by atoms with Crippen LogP contribution in [0.15, 0.2) is 54.3 Å². The van der Waals surface area contributed by atoms with E-state index in [1.807, 2.05) is 0 Å². The van der Waals surface area contributed by atoms with E-state index < -0.39 is 11.9 Å². The largest absolute Gasteiger partial charge is 0.504 e. The van der Waals surface area contributed by atoms with Crippen LogP contribution >= 0.6 is 0 Å². The summed E-state index contributed by atoms with van der Waals surface area (Å²) < 4.78 is 27.5. The number of carbonyl (C=O) groups excluding carboxylic acids is 2. The number of fused-ring (bicyclic) bond motifs is 3. The van der Waals surface area contributed by atoms with Gasteiger partial charge in [0.2, 0.25) is 5.78 Å². The number of aromatic hydroxyl groups is 1. The monoisotopic (exact) mass is 474 g/mol. The number of phenols is 1. The van der Waals surface area contributed by atoms with Crippen molar-refractivity contribution < 1.29 is 38.4 Å². The molecule has 0 saturated carbocycles. The van der Waals surface area contributed by atoms with E-state index in [1.54, 1.807) is 54.6 Å². The smallest absolute Gasteiger partial charge is 0.312 e. The van der Waals surface area contributed by atoms with E-state index in [2.05, 4.69) is 0 Å². The number of esters is 1. The van der Waals surface area contributed by atoms with E-state index in [9.17, 15) is 14.7 Å². The molecule has 0 saturated heterocycles. The zero-order chi connectivity index (χ0) is 24.7. The van der Waals surface area contributed by atoms with Gasteiger partial charge >= 0.3 is 5.97 Å². The Kier molecular flexibility index (Phi) is 5.56. The number of ketones is 1. The molecule has 1 N–H and O–H groups in total. The summed E-state index contributed by atoms with van der Waals surface area (Å²) in [5.74, 6) is 0.785. The molecule has 2 aliphatic rings. The molecule has 0 aliphatic carbocycles. The molecule has 8 heteroatoms. The quantitative estimate of drug-likeness (QED) is 0.328. The Morgan fingerprint density at radius 1 is 0.943 bits per heavy atom. The number of carbonyl (C=O) groups is 2. The fraction of sp³-hybridized carbons (Fsp3) is 0.185. The zero-order valence-electron chi connectivity index (χ0n) is 19.3. The molecule has 0 aromatic heterocycles. The SMILES string of the molecule is COc1ccc(C2CC(=O)Oc3ccc4c(c32)O/C(=C\c2cccc(OC)c2OC)C4=O)cc1O. The van der Waals surface area contributed by atoms with Crippen molar-refractivity contribution in [2.45, 2.75) is 12.3 Å². The molecule has 3 aromatic rings. The van der Waals surface area contributed by atoms with Gasteiger partial charge in [0.1, 0.15) is 11.5 Å². The number of hydrogen-bond donors (Lipinski definition) is 1. The third kappa shape index (κ3) is 3.73. The molecule has 8 nitrogen and oxygen atoms in total. The number of phenolic OH excluding ortho intramolecular Hbond substituents is 1. The average molecular weight is 474 g/mol. The van der Waals surface area contributed by atoms with Crippen LogP contribution in [0.4, 0.5) is 0 Å². The number of Topliss-reactive ketones (excluding diaryl/α,β-unsaturated/α-hetero) is 1. The summed E-state index contributed by atoms with van der Waals surface area (Å²) in [6.07, 6.45) is 1.62. The Hall–Kier alpha value is -4.46. The van der Waals surface area contributed by atoms with Crippen molar-refractivity contribution in [2.24, 2.45) is 0 Å². The summed E-state index contributed by atoms with van der Waals surface area (Å²) in [6.45, 7) is 0. The van der Waals surface area contributed by atoms with E-state index in [1.165, 1.54) is 21.3 Å². The van der Waals surface area contributed by atoms with Crippen molar-refractivity contribution in [3.05, 3.63) is 76.5 Å². The fourth-order valence-corrected chi connectivity index (χ4v) is 4.48. The van der Waals surface area contributed by atoms with Gasteiger partial charge in [-0.25, -0.2) is 0 Å². The van der Waals surface area contributed by atoms with Crippen LogP contribution < -0.4 is 23.7 Å². The van der Waals surface area contributed by atoms with Gasteiger partial charge in [0.25, 0.3) is 0 Å². The lowest BCUT2D eigenvalue weighted by Crippen LogP contribution is -2.21. The lowest BCUT2D eigenvalue weighted by molar-refractivity contribution is -0.135. The highest BCUT2D eigenvalue weighted by Crippen LogP contribution is 2.50. The molecular formula is C27H22O8. The Balaban J connectivity index is 1.61. The second kappa shape index (κ2) is 8.72. The fourth-order valence-electron chi connectivity index (χ4n) is 4.48. The predicted molar refractivity (Wildman–Crippen MR) is 126 cm³/mol. The van der Waals surface area contributed by atoms with Crippen LogP contribution in [-0.2, 0) is 4.79 Å². The third-order valence-corrected chi connectivity index (χ3v) is 6.10. The van der Waals surface area contributed by atoms with Crippen LogP contribution in [0.25, 0.3) is 6.08 Å². The lowest BCUT2D eigenvalue weighted by Gasteiger charge is -2.26. The first-order chi connectivity index (χ1) is 16.9.